The van der Waals surface area contributed by atoms with E-state index in [2.05, 4.69) is 10.3 Å². The van der Waals surface area contributed by atoms with Crippen LogP contribution in [0.25, 0.3) is 0 Å². The summed E-state index contributed by atoms with van der Waals surface area (Å²) in [4.78, 5) is 29.4. The Morgan fingerprint density at radius 1 is 1.47 bits per heavy atom. The molecule has 0 saturated carbocycles. The summed E-state index contributed by atoms with van der Waals surface area (Å²) in [7, 11) is -2.76. The first-order valence-corrected chi connectivity index (χ1v) is 10.4. The van der Waals surface area contributed by atoms with Crippen molar-refractivity contribution in [1.82, 2.24) is 10.3 Å². The van der Waals surface area contributed by atoms with Crippen molar-refractivity contribution in [3.63, 3.8) is 0 Å². The van der Waals surface area contributed by atoms with Gasteiger partial charge in [0.15, 0.2) is 10.9 Å². The number of fused-ring (bicyclic) bond motifs is 1. The van der Waals surface area contributed by atoms with E-state index >= 15 is 0 Å². The van der Waals surface area contributed by atoms with Gasteiger partial charge in [0.1, 0.15) is 11.8 Å². The van der Waals surface area contributed by atoms with Gasteiger partial charge in [-0.2, -0.15) is 0 Å². The van der Waals surface area contributed by atoms with Crippen LogP contribution in [0.15, 0.2) is 23.6 Å². The number of benzene rings is 1. The number of nitrogens with zero attached hydrogens (tertiary/aromatic N) is 1. The summed E-state index contributed by atoms with van der Waals surface area (Å²) in [6, 6.07) is 4.63. The zero-order valence-corrected chi connectivity index (χ0v) is 17.3. The van der Waals surface area contributed by atoms with Crippen molar-refractivity contribution in [2.75, 3.05) is 5.73 Å². The van der Waals surface area contributed by atoms with E-state index in [-0.39, 0.29) is 30.1 Å². The third-order valence-corrected chi connectivity index (χ3v) is 5.67. The molecular weight excluding hydrogens is 408 g/mol. The third kappa shape index (κ3) is 5.39. The summed E-state index contributed by atoms with van der Waals surface area (Å²) in [5.41, 5.74) is 7.80. The van der Waals surface area contributed by atoms with Crippen LogP contribution < -0.4 is 15.7 Å². The van der Waals surface area contributed by atoms with Gasteiger partial charge in [0, 0.05) is 24.0 Å². The van der Waals surface area contributed by atoms with Crippen LogP contribution in [0, 0.1) is 6.92 Å². The molecule has 6 N–H and O–H groups in total. The number of ketones is 1. The summed E-state index contributed by atoms with van der Waals surface area (Å²) >= 11 is 1.14. The van der Waals surface area contributed by atoms with E-state index in [1.807, 2.05) is 25.1 Å². The van der Waals surface area contributed by atoms with Gasteiger partial charge in [-0.1, -0.05) is 18.2 Å². The molecule has 1 aliphatic rings. The average Bonchev–Trinajstić information content (AvgIpc) is 3.11. The molecule has 0 saturated heterocycles. The van der Waals surface area contributed by atoms with E-state index in [0.717, 1.165) is 22.5 Å². The Bertz CT molecular complexity index is 925. The molecule has 12 heteroatoms. The number of Topliss-reactive ketones (excluding diaryl/α,β-unsaturated/α-hetero) is 1. The second kappa shape index (κ2) is 9.61. The molecule has 1 amide bonds. The van der Waals surface area contributed by atoms with Crippen molar-refractivity contribution < 1.29 is 29.3 Å². The molecule has 2 heterocycles. The van der Waals surface area contributed by atoms with Crippen LogP contribution >= 0.6 is 11.3 Å². The van der Waals surface area contributed by atoms with Crippen LogP contribution in [0.5, 0.6) is 5.75 Å². The van der Waals surface area contributed by atoms with Gasteiger partial charge in [0.25, 0.3) is 0 Å². The van der Waals surface area contributed by atoms with E-state index in [0.29, 0.717) is 17.9 Å². The molecule has 1 aromatic carbocycles. The zero-order chi connectivity index (χ0) is 21.8. The first-order chi connectivity index (χ1) is 14.2. The number of nitrogens with one attached hydrogen (secondary N) is 1. The minimum atomic E-state index is -1.61. The van der Waals surface area contributed by atoms with Crippen LogP contribution in [0.3, 0.4) is 0 Å². The second-order valence-corrected chi connectivity index (χ2v) is 8.23. The van der Waals surface area contributed by atoms with Crippen molar-refractivity contribution in [2.24, 2.45) is 0 Å². The van der Waals surface area contributed by atoms with E-state index in [9.17, 15) is 14.6 Å². The van der Waals surface area contributed by atoms with E-state index in [1.54, 1.807) is 5.38 Å². The highest BCUT2D eigenvalue weighted by molar-refractivity contribution is 7.13. The first kappa shape index (κ1) is 22.3. The number of rotatable bonds is 8. The maximum Gasteiger partial charge on any atom is 0.526 e. The molecule has 2 aromatic rings. The third-order valence-electron chi connectivity index (χ3n) is 4.97. The Hall–Kier alpha value is -2.40. The zero-order valence-electron chi connectivity index (χ0n) is 16.4. The normalized spacial score (nSPS) is 16.4. The standard InChI is InChI=1S/C18H23B2N3O6S/c1-10-3-2-4-11-7-12(20(28)29-17(10)11)8-14(24)16(13-9-30-18(21)22-13)23-15(25)5-6-19(26)27/h2-4,9,12,16,26-28H,5-8H2,1H3,(H2,21,22)(H,23,25)/t12-,16?/m1/s1. The number of thiazole rings is 1. The number of hydrogen-bond donors (Lipinski definition) is 5. The van der Waals surface area contributed by atoms with E-state index < -0.39 is 32.0 Å². The van der Waals surface area contributed by atoms with Gasteiger partial charge in [-0.05, 0) is 30.8 Å². The van der Waals surface area contributed by atoms with Gasteiger partial charge in [0.05, 0.1) is 5.69 Å². The largest absolute Gasteiger partial charge is 0.536 e. The molecule has 1 aliphatic heterocycles. The number of aryl methyl sites for hydroxylation is 1. The van der Waals surface area contributed by atoms with Crippen molar-refractivity contribution >= 4 is 42.4 Å². The Morgan fingerprint density at radius 2 is 2.23 bits per heavy atom. The number of para-hydroxylation sites is 1. The van der Waals surface area contributed by atoms with Gasteiger partial charge in [-0.3, -0.25) is 9.59 Å². The van der Waals surface area contributed by atoms with Crippen molar-refractivity contribution in [2.45, 2.75) is 44.4 Å². The minimum Gasteiger partial charge on any atom is -0.536 e. The Labute approximate surface area is 178 Å². The Kier molecular flexibility index (Phi) is 7.14. The minimum absolute atomic E-state index is 0.0421. The lowest BCUT2D eigenvalue weighted by Gasteiger charge is -2.29. The molecule has 0 bridgehead atoms. The number of nitrogen functional groups attached to an aromatic ring is 1. The molecule has 0 fully saturated rings. The fourth-order valence-corrected chi connectivity index (χ4v) is 4.03. The second-order valence-electron chi connectivity index (χ2n) is 7.34. The molecule has 1 aromatic heterocycles. The van der Waals surface area contributed by atoms with Crippen molar-refractivity contribution in [1.29, 1.82) is 0 Å². The molecule has 2 atom stereocenters. The number of hydrogen-bond acceptors (Lipinski definition) is 9. The highest BCUT2D eigenvalue weighted by atomic mass is 32.1. The molecule has 0 aliphatic carbocycles. The molecule has 158 valence electrons. The lowest BCUT2D eigenvalue weighted by atomic mass is 9.64. The molecule has 1 unspecified atom stereocenters. The SMILES string of the molecule is Cc1cccc2c1OB(O)[C@@H](CC(=O)C(NC(=O)CCB(O)O)c1csc(N)n1)C2. The van der Waals surface area contributed by atoms with Crippen LogP contribution in [0.4, 0.5) is 5.13 Å². The topological polar surface area (TPSA) is 155 Å². The predicted molar refractivity (Wildman–Crippen MR) is 114 cm³/mol. The number of nitrogens with two attached hydrogens (primary N) is 1. The molecule has 3 rings (SSSR count). The van der Waals surface area contributed by atoms with Gasteiger partial charge >= 0.3 is 14.2 Å². The molecule has 30 heavy (non-hydrogen) atoms. The maximum absolute atomic E-state index is 13.1. The molecule has 9 nitrogen and oxygen atoms in total. The average molecular weight is 431 g/mol. The predicted octanol–water partition coefficient (Wildman–Crippen LogP) is 0.499. The summed E-state index contributed by atoms with van der Waals surface area (Å²) in [5.74, 6) is -0.716. The number of carbonyl (C=O) groups is 2. The molecule has 0 radical (unpaired) electrons. The van der Waals surface area contributed by atoms with Gasteiger partial charge in [-0.15, -0.1) is 11.3 Å². The summed E-state index contributed by atoms with van der Waals surface area (Å²) in [6.07, 6.45) is 0.0974. The van der Waals surface area contributed by atoms with Crippen molar-refractivity contribution in [3.05, 3.63) is 40.4 Å². The van der Waals surface area contributed by atoms with Crippen molar-refractivity contribution in [3.8, 4) is 5.75 Å². The molecule has 0 spiro atoms. The number of anilines is 1. The fraction of sp³-hybridized carbons (Fsp3) is 0.389. The van der Waals surface area contributed by atoms with Crippen LogP contribution in [-0.2, 0) is 16.0 Å². The molecular formula is C18H23B2N3O6S. The number of aromatic nitrogens is 1. The quantitative estimate of drug-likeness (QED) is 0.379. The number of carbonyl (C=O) groups excluding carboxylic acids is 2. The van der Waals surface area contributed by atoms with Gasteiger partial charge < -0.3 is 30.8 Å². The Morgan fingerprint density at radius 3 is 2.90 bits per heavy atom. The fourth-order valence-electron chi connectivity index (χ4n) is 3.44. The van der Waals surface area contributed by atoms with E-state index in [4.69, 9.17) is 20.4 Å². The lowest BCUT2D eigenvalue weighted by molar-refractivity contribution is -0.128. The summed E-state index contributed by atoms with van der Waals surface area (Å²) in [6.45, 7) is 1.89. The maximum atomic E-state index is 13.1. The monoisotopic (exact) mass is 431 g/mol. The smallest absolute Gasteiger partial charge is 0.526 e. The Balaban J connectivity index is 1.73. The lowest BCUT2D eigenvalue weighted by Crippen LogP contribution is -2.39. The summed E-state index contributed by atoms with van der Waals surface area (Å²) in [5, 5.41) is 32.8. The van der Waals surface area contributed by atoms with Crippen LogP contribution in [0.1, 0.15) is 35.7 Å². The highest BCUT2D eigenvalue weighted by Crippen LogP contribution is 2.36. The summed E-state index contributed by atoms with van der Waals surface area (Å²) < 4.78 is 5.64. The first-order valence-electron chi connectivity index (χ1n) is 9.57. The highest BCUT2D eigenvalue weighted by Gasteiger charge is 2.38. The van der Waals surface area contributed by atoms with Crippen LogP contribution in [0.2, 0.25) is 12.1 Å². The van der Waals surface area contributed by atoms with E-state index in [1.165, 1.54) is 0 Å². The van der Waals surface area contributed by atoms with Crippen LogP contribution in [-0.4, -0.2) is 46.0 Å². The van der Waals surface area contributed by atoms with Gasteiger partial charge in [0.2, 0.25) is 5.91 Å². The number of amides is 1. The van der Waals surface area contributed by atoms with Gasteiger partial charge in [-0.25, -0.2) is 4.98 Å².